The van der Waals surface area contributed by atoms with E-state index in [2.05, 4.69) is 24.2 Å². The van der Waals surface area contributed by atoms with Crippen LogP contribution >= 0.6 is 0 Å². The Morgan fingerprint density at radius 2 is 2.00 bits per heavy atom. The first-order valence-corrected chi connectivity index (χ1v) is 7.33. The van der Waals surface area contributed by atoms with Crippen LogP contribution in [-0.2, 0) is 4.79 Å². The van der Waals surface area contributed by atoms with Crippen molar-refractivity contribution in [2.75, 3.05) is 26.7 Å². The van der Waals surface area contributed by atoms with Crippen LogP contribution in [0.4, 0.5) is 4.79 Å². The Bertz CT molecular complexity index is 347. The lowest BCUT2D eigenvalue weighted by Gasteiger charge is -2.39. The molecule has 0 aromatic rings. The van der Waals surface area contributed by atoms with Crippen molar-refractivity contribution in [2.45, 2.75) is 45.7 Å². The number of likely N-dealkylation sites (N-methyl/N-ethyl adjacent to an activating group) is 1. The predicted octanol–water partition coefficient (Wildman–Crippen LogP) is 1.22. The molecule has 1 fully saturated rings. The molecule has 0 aromatic heterocycles. The van der Waals surface area contributed by atoms with Gasteiger partial charge in [-0.1, -0.05) is 20.8 Å². The quantitative estimate of drug-likeness (QED) is 0.796. The maximum atomic E-state index is 12.2. The van der Waals surface area contributed by atoms with Crippen LogP contribution in [0.15, 0.2) is 0 Å². The summed E-state index contributed by atoms with van der Waals surface area (Å²) in [6.45, 7) is 8.13. The summed E-state index contributed by atoms with van der Waals surface area (Å²) in [6.07, 6.45) is 1.43. The molecule has 0 radical (unpaired) electrons. The second-order valence-corrected chi connectivity index (χ2v) is 5.96. The number of urea groups is 1. The van der Waals surface area contributed by atoms with Gasteiger partial charge in [-0.3, -0.25) is 4.90 Å². The third kappa shape index (κ3) is 4.67. The van der Waals surface area contributed by atoms with Gasteiger partial charge in [0.15, 0.2) is 0 Å². The summed E-state index contributed by atoms with van der Waals surface area (Å²) < 4.78 is 0. The number of carboxylic acid groups (broad SMARTS) is 1. The van der Waals surface area contributed by atoms with Crippen molar-refractivity contribution in [3.8, 4) is 0 Å². The van der Waals surface area contributed by atoms with Gasteiger partial charge in [0.25, 0.3) is 0 Å². The predicted molar refractivity (Wildman–Crippen MR) is 77.7 cm³/mol. The van der Waals surface area contributed by atoms with Gasteiger partial charge < -0.3 is 15.3 Å². The van der Waals surface area contributed by atoms with E-state index in [1.807, 2.05) is 13.8 Å². The number of carbonyl (C=O) groups is 2. The van der Waals surface area contributed by atoms with Crippen molar-refractivity contribution in [1.82, 2.24) is 15.1 Å². The molecule has 1 aliphatic rings. The maximum absolute atomic E-state index is 12.2. The normalized spacial score (nSPS) is 21.9. The van der Waals surface area contributed by atoms with Crippen LogP contribution < -0.4 is 5.32 Å². The summed E-state index contributed by atoms with van der Waals surface area (Å²) in [5.74, 6) is -0.736. The Kier molecular flexibility index (Phi) is 6.26. The van der Waals surface area contributed by atoms with Crippen LogP contribution in [0.25, 0.3) is 0 Å². The molecule has 20 heavy (non-hydrogen) atoms. The highest BCUT2D eigenvalue weighted by atomic mass is 16.4. The van der Waals surface area contributed by atoms with Crippen molar-refractivity contribution >= 4 is 12.0 Å². The fourth-order valence-corrected chi connectivity index (χ4v) is 2.50. The molecule has 116 valence electrons. The highest BCUT2D eigenvalue weighted by Gasteiger charge is 2.29. The molecule has 1 heterocycles. The Morgan fingerprint density at radius 3 is 2.50 bits per heavy atom. The van der Waals surface area contributed by atoms with Crippen molar-refractivity contribution in [3.05, 3.63) is 0 Å². The average Bonchev–Trinajstić information content (AvgIpc) is 2.37. The third-order valence-electron chi connectivity index (χ3n) is 3.84. The zero-order chi connectivity index (χ0) is 15.3. The largest absolute Gasteiger partial charge is 0.480 e. The van der Waals surface area contributed by atoms with Gasteiger partial charge in [0.2, 0.25) is 0 Å². The van der Waals surface area contributed by atoms with Gasteiger partial charge in [-0.05, 0) is 25.8 Å². The first-order chi connectivity index (χ1) is 9.35. The van der Waals surface area contributed by atoms with E-state index in [4.69, 9.17) is 5.11 Å². The zero-order valence-electron chi connectivity index (χ0n) is 12.9. The van der Waals surface area contributed by atoms with E-state index >= 15 is 0 Å². The fourth-order valence-electron chi connectivity index (χ4n) is 2.50. The van der Waals surface area contributed by atoms with Gasteiger partial charge in [0.05, 0.1) is 0 Å². The van der Waals surface area contributed by atoms with Gasteiger partial charge in [0, 0.05) is 25.7 Å². The first kappa shape index (κ1) is 16.8. The van der Waals surface area contributed by atoms with Crippen molar-refractivity contribution in [1.29, 1.82) is 0 Å². The number of hydrogen-bond acceptors (Lipinski definition) is 3. The molecule has 0 spiro atoms. The Labute approximate surface area is 121 Å². The second-order valence-electron chi connectivity index (χ2n) is 5.96. The first-order valence-electron chi connectivity index (χ1n) is 7.33. The lowest BCUT2D eigenvalue weighted by molar-refractivity contribution is -0.139. The molecule has 0 bridgehead atoms. The summed E-state index contributed by atoms with van der Waals surface area (Å²) in [6, 6.07) is -0.713. The van der Waals surface area contributed by atoms with E-state index < -0.39 is 12.0 Å². The topological polar surface area (TPSA) is 72.9 Å². The van der Waals surface area contributed by atoms with Crippen LogP contribution in [0.2, 0.25) is 0 Å². The Balaban J connectivity index is 2.58. The zero-order valence-corrected chi connectivity index (χ0v) is 12.9. The second kappa shape index (κ2) is 7.47. The minimum absolute atomic E-state index is 0.229. The van der Waals surface area contributed by atoms with E-state index in [-0.39, 0.29) is 11.9 Å². The number of aliphatic carboxylic acids is 1. The average molecular weight is 285 g/mol. The molecule has 1 unspecified atom stereocenters. The Hall–Kier alpha value is -1.30. The molecular weight excluding hydrogens is 258 g/mol. The lowest BCUT2D eigenvalue weighted by Crippen LogP contribution is -2.57. The molecule has 2 N–H and O–H groups in total. The van der Waals surface area contributed by atoms with Crippen LogP contribution in [-0.4, -0.2) is 65.7 Å². The van der Waals surface area contributed by atoms with E-state index in [9.17, 15) is 9.59 Å². The van der Waals surface area contributed by atoms with Crippen molar-refractivity contribution < 1.29 is 14.7 Å². The molecule has 6 nitrogen and oxygen atoms in total. The molecule has 1 aliphatic heterocycles. The van der Waals surface area contributed by atoms with Crippen LogP contribution in [0, 0.1) is 5.92 Å². The summed E-state index contributed by atoms with van der Waals surface area (Å²) in [4.78, 5) is 27.3. The van der Waals surface area contributed by atoms with Gasteiger partial charge in [0.1, 0.15) is 6.04 Å². The van der Waals surface area contributed by atoms with Gasteiger partial charge >= 0.3 is 12.0 Å². The standard InChI is InChI=1S/C14H27N3O3/c1-5-11-9-17(7-6-16(11)4)14(20)15-12(13(18)19)8-10(2)3/h10-12H,5-9H2,1-4H3,(H,15,20)(H,18,19)/t11?,12-/m0/s1. The SMILES string of the molecule is CCC1CN(C(=O)N[C@@H](CC(C)C)C(=O)O)CCN1C. The van der Waals surface area contributed by atoms with Gasteiger partial charge in [-0.15, -0.1) is 0 Å². The molecule has 2 amide bonds. The number of rotatable bonds is 5. The molecule has 0 aliphatic carbocycles. The molecule has 2 atom stereocenters. The summed E-state index contributed by atoms with van der Waals surface area (Å²) >= 11 is 0. The number of carboxylic acids is 1. The summed E-state index contributed by atoms with van der Waals surface area (Å²) in [7, 11) is 2.06. The highest BCUT2D eigenvalue weighted by molar-refractivity contribution is 5.82. The smallest absolute Gasteiger partial charge is 0.326 e. The molecule has 1 saturated heterocycles. The highest BCUT2D eigenvalue weighted by Crippen LogP contribution is 2.12. The Morgan fingerprint density at radius 1 is 1.35 bits per heavy atom. The molecular formula is C14H27N3O3. The van der Waals surface area contributed by atoms with Crippen LogP contribution in [0.1, 0.15) is 33.6 Å². The molecule has 0 aromatic carbocycles. The molecule has 1 rings (SSSR count). The van der Waals surface area contributed by atoms with Crippen molar-refractivity contribution in [3.63, 3.8) is 0 Å². The summed E-state index contributed by atoms with van der Waals surface area (Å²) in [5.41, 5.74) is 0. The number of nitrogens with one attached hydrogen (secondary N) is 1. The van der Waals surface area contributed by atoms with E-state index in [0.29, 0.717) is 25.6 Å². The van der Waals surface area contributed by atoms with Crippen LogP contribution in [0.3, 0.4) is 0 Å². The monoisotopic (exact) mass is 285 g/mol. The number of hydrogen-bond donors (Lipinski definition) is 2. The van der Waals surface area contributed by atoms with E-state index in [1.165, 1.54) is 0 Å². The van der Waals surface area contributed by atoms with Gasteiger partial charge in [-0.2, -0.15) is 0 Å². The van der Waals surface area contributed by atoms with E-state index in [1.54, 1.807) is 4.90 Å². The van der Waals surface area contributed by atoms with E-state index in [0.717, 1.165) is 13.0 Å². The number of carbonyl (C=O) groups excluding carboxylic acids is 1. The summed E-state index contributed by atoms with van der Waals surface area (Å²) in [5, 5.41) is 11.8. The minimum atomic E-state index is -0.965. The molecule has 6 heteroatoms. The maximum Gasteiger partial charge on any atom is 0.326 e. The van der Waals surface area contributed by atoms with Crippen molar-refractivity contribution in [2.24, 2.45) is 5.92 Å². The number of piperazine rings is 1. The lowest BCUT2D eigenvalue weighted by atomic mass is 10.0. The number of amides is 2. The van der Waals surface area contributed by atoms with Gasteiger partial charge in [-0.25, -0.2) is 9.59 Å². The fraction of sp³-hybridized carbons (Fsp3) is 0.857. The van der Waals surface area contributed by atoms with Crippen LogP contribution in [0.5, 0.6) is 0 Å². The third-order valence-corrected chi connectivity index (χ3v) is 3.84. The molecule has 0 saturated carbocycles. The number of nitrogens with zero attached hydrogens (tertiary/aromatic N) is 2. The minimum Gasteiger partial charge on any atom is -0.480 e.